The molecule has 2 heterocycles. The van der Waals surface area contributed by atoms with E-state index in [1.807, 2.05) is 0 Å². The topological polar surface area (TPSA) is 97.0 Å². The van der Waals surface area contributed by atoms with Gasteiger partial charge in [0.05, 0.1) is 0 Å². The summed E-state index contributed by atoms with van der Waals surface area (Å²) in [4.78, 5) is 37.6. The van der Waals surface area contributed by atoms with Gasteiger partial charge in [0.15, 0.2) is 5.76 Å². The molecule has 7 nitrogen and oxygen atoms in total. The number of esters is 1. The van der Waals surface area contributed by atoms with E-state index in [0.29, 0.717) is 25.8 Å². The molecule has 0 saturated carbocycles. The van der Waals surface area contributed by atoms with E-state index < -0.39 is 29.5 Å². The van der Waals surface area contributed by atoms with E-state index in [-0.39, 0.29) is 17.1 Å². The number of amides is 1. The number of rotatable bonds is 4. The molecule has 0 spiro atoms. The van der Waals surface area contributed by atoms with Crippen molar-refractivity contribution >= 4 is 17.8 Å². The smallest absolute Gasteiger partial charge is 0.339 e. The normalized spacial score (nSPS) is 17.8. The highest BCUT2D eigenvalue weighted by Crippen LogP contribution is 2.25. The van der Waals surface area contributed by atoms with Crippen LogP contribution < -0.4 is 0 Å². The fraction of sp³-hybridized carbons (Fsp3) is 0.588. The zero-order valence-electron chi connectivity index (χ0n) is 14.4. The van der Waals surface area contributed by atoms with E-state index in [2.05, 4.69) is 0 Å². The number of nitrogens with zero attached hydrogens (tertiary/aromatic N) is 1. The number of hydrogen-bond donors (Lipinski definition) is 1. The Balaban J connectivity index is 2.22. The molecule has 1 aromatic rings. The standard InChI is InChI=1S/C17H23NO6/c1-5-12-10(15(20)21)9-13(23-12)14(19)18-8-6-7-11(18)16(22)24-17(2,3)4/h9,11H,5-8H2,1-4H3,(H,20,21)/t11-/m1/s1. The number of carboxylic acid groups (broad SMARTS) is 1. The van der Waals surface area contributed by atoms with Gasteiger partial charge in [0, 0.05) is 19.0 Å². The van der Waals surface area contributed by atoms with Gasteiger partial charge in [-0.25, -0.2) is 9.59 Å². The summed E-state index contributed by atoms with van der Waals surface area (Å²) < 4.78 is 10.8. The molecule has 7 heteroatoms. The number of aryl methyl sites for hydroxylation is 1. The number of likely N-dealkylation sites (tertiary alicyclic amines) is 1. The first-order valence-electron chi connectivity index (χ1n) is 8.04. The Kier molecular flexibility index (Phi) is 5.01. The van der Waals surface area contributed by atoms with Crippen molar-refractivity contribution in [2.75, 3.05) is 6.54 Å². The van der Waals surface area contributed by atoms with Crippen LogP contribution in [0.1, 0.15) is 67.2 Å². The third-order valence-electron chi connectivity index (χ3n) is 3.76. The minimum Gasteiger partial charge on any atom is -0.478 e. The number of furan rings is 1. The highest BCUT2D eigenvalue weighted by molar-refractivity contribution is 5.98. The van der Waals surface area contributed by atoms with Crippen LogP contribution in [0.4, 0.5) is 0 Å². The molecule has 132 valence electrons. The lowest BCUT2D eigenvalue weighted by Gasteiger charge is -2.26. The molecule has 1 amide bonds. The quantitative estimate of drug-likeness (QED) is 0.848. The Morgan fingerprint density at radius 1 is 1.38 bits per heavy atom. The Morgan fingerprint density at radius 2 is 2.04 bits per heavy atom. The summed E-state index contributed by atoms with van der Waals surface area (Å²) >= 11 is 0. The van der Waals surface area contributed by atoms with Crippen molar-refractivity contribution in [2.45, 2.75) is 58.6 Å². The Bertz CT molecular complexity index is 655. The fourth-order valence-electron chi connectivity index (χ4n) is 2.74. The van der Waals surface area contributed by atoms with Crippen LogP contribution in [0.5, 0.6) is 0 Å². The van der Waals surface area contributed by atoms with E-state index in [0.717, 1.165) is 0 Å². The van der Waals surface area contributed by atoms with Crippen LogP contribution in [0.25, 0.3) is 0 Å². The van der Waals surface area contributed by atoms with Crippen LogP contribution in [0.3, 0.4) is 0 Å². The molecule has 24 heavy (non-hydrogen) atoms. The van der Waals surface area contributed by atoms with Gasteiger partial charge in [0.1, 0.15) is 23.0 Å². The summed E-state index contributed by atoms with van der Waals surface area (Å²) in [5.41, 5.74) is -0.654. The number of aromatic carboxylic acids is 1. The third kappa shape index (κ3) is 3.77. The first-order chi connectivity index (χ1) is 11.1. The first kappa shape index (κ1) is 18.0. The monoisotopic (exact) mass is 337 g/mol. The van der Waals surface area contributed by atoms with Crippen LogP contribution >= 0.6 is 0 Å². The molecule has 1 atom stereocenters. The lowest BCUT2D eigenvalue weighted by molar-refractivity contribution is -0.159. The van der Waals surface area contributed by atoms with E-state index in [1.165, 1.54) is 11.0 Å². The molecular formula is C17H23NO6. The zero-order valence-corrected chi connectivity index (χ0v) is 14.4. The molecule has 0 aromatic carbocycles. The Morgan fingerprint density at radius 3 is 2.54 bits per heavy atom. The number of carboxylic acids is 1. The number of ether oxygens (including phenoxy) is 1. The van der Waals surface area contributed by atoms with Crippen LogP contribution in [0.15, 0.2) is 10.5 Å². The number of carbonyl (C=O) groups excluding carboxylic acids is 2. The predicted molar refractivity (Wildman–Crippen MR) is 84.9 cm³/mol. The molecule has 1 fully saturated rings. The fourth-order valence-corrected chi connectivity index (χ4v) is 2.74. The van der Waals surface area contributed by atoms with E-state index in [4.69, 9.17) is 14.3 Å². The molecule has 1 aromatic heterocycles. The third-order valence-corrected chi connectivity index (χ3v) is 3.76. The van der Waals surface area contributed by atoms with Crippen molar-refractivity contribution in [1.82, 2.24) is 4.90 Å². The van der Waals surface area contributed by atoms with Crippen molar-refractivity contribution in [1.29, 1.82) is 0 Å². The lowest BCUT2D eigenvalue weighted by Crippen LogP contribution is -2.43. The average molecular weight is 337 g/mol. The molecule has 0 radical (unpaired) electrons. The summed E-state index contributed by atoms with van der Waals surface area (Å²) in [6, 6.07) is 0.564. The van der Waals surface area contributed by atoms with Crippen molar-refractivity contribution in [3.63, 3.8) is 0 Å². The Labute approximate surface area is 140 Å². The summed E-state index contributed by atoms with van der Waals surface area (Å²) in [7, 11) is 0. The van der Waals surface area contributed by atoms with Crippen LogP contribution in [-0.2, 0) is 16.0 Å². The van der Waals surface area contributed by atoms with Crippen molar-refractivity contribution < 1.29 is 28.6 Å². The molecule has 1 aliphatic rings. The summed E-state index contributed by atoms with van der Waals surface area (Å²) in [5.74, 6) is -1.88. The first-order valence-corrected chi connectivity index (χ1v) is 8.04. The SMILES string of the molecule is CCc1oc(C(=O)N2CCC[C@@H]2C(=O)OC(C)(C)C)cc1C(=O)O. The second-order valence-corrected chi connectivity index (χ2v) is 6.80. The molecule has 1 aliphatic heterocycles. The van der Waals surface area contributed by atoms with Crippen LogP contribution in [0, 0.1) is 0 Å². The molecule has 0 aliphatic carbocycles. The van der Waals surface area contributed by atoms with Gasteiger partial charge in [-0.3, -0.25) is 4.79 Å². The van der Waals surface area contributed by atoms with Crippen LogP contribution in [-0.4, -0.2) is 46.0 Å². The van der Waals surface area contributed by atoms with E-state index >= 15 is 0 Å². The predicted octanol–water partition coefficient (Wildman–Crippen LogP) is 2.49. The average Bonchev–Trinajstić information content (AvgIpc) is 3.11. The van der Waals surface area contributed by atoms with Gasteiger partial charge in [0.2, 0.25) is 0 Å². The summed E-state index contributed by atoms with van der Waals surface area (Å²) in [6.45, 7) is 7.47. The van der Waals surface area contributed by atoms with E-state index in [9.17, 15) is 14.4 Å². The van der Waals surface area contributed by atoms with Gasteiger partial charge in [-0.1, -0.05) is 6.92 Å². The minimum atomic E-state index is -1.14. The van der Waals surface area contributed by atoms with Gasteiger partial charge < -0.3 is 19.2 Å². The molecule has 0 unspecified atom stereocenters. The van der Waals surface area contributed by atoms with Gasteiger partial charge in [0.25, 0.3) is 5.91 Å². The Hall–Kier alpha value is -2.31. The maximum absolute atomic E-state index is 12.7. The van der Waals surface area contributed by atoms with Gasteiger partial charge in [-0.2, -0.15) is 0 Å². The maximum atomic E-state index is 12.7. The summed E-state index contributed by atoms with van der Waals surface area (Å²) in [5, 5.41) is 9.17. The van der Waals surface area contributed by atoms with E-state index in [1.54, 1.807) is 27.7 Å². The number of hydrogen-bond acceptors (Lipinski definition) is 5. The van der Waals surface area contributed by atoms with Gasteiger partial charge >= 0.3 is 11.9 Å². The van der Waals surface area contributed by atoms with Crippen molar-refractivity contribution in [2.24, 2.45) is 0 Å². The van der Waals surface area contributed by atoms with Crippen molar-refractivity contribution in [3.8, 4) is 0 Å². The zero-order chi connectivity index (χ0) is 18.1. The second kappa shape index (κ2) is 6.67. The molecular weight excluding hydrogens is 314 g/mol. The largest absolute Gasteiger partial charge is 0.478 e. The second-order valence-electron chi connectivity index (χ2n) is 6.80. The molecule has 0 bridgehead atoms. The maximum Gasteiger partial charge on any atom is 0.339 e. The van der Waals surface area contributed by atoms with Crippen LogP contribution in [0.2, 0.25) is 0 Å². The lowest BCUT2D eigenvalue weighted by atomic mass is 10.1. The number of carbonyl (C=O) groups is 3. The van der Waals surface area contributed by atoms with Gasteiger partial charge in [-0.05, 0) is 33.6 Å². The summed E-state index contributed by atoms with van der Waals surface area (Å²) in [6.07, 6.45) is 1.57. The molecule has 1 saturated heterocycles. The minimum absolute atomic E-state index is 0.0196. The highest BCUT2D eigenvalue weighted by Gasteiger charge is 2.38. The molecule has 1 N–H and O–H groups in total. The molecule has 2 rings (SSSR count). The highest BCUT2D eigenvalue weighted by atomic mass is 16.6. The van der Waals surface area contributed by atoms with Gasteiger partial charge in [-0.15, -0.1) is 0 Å². The van der Waals surface area contributed by atoms with Crippen molar-refractivity contribution in [3.05, 3.63) is 23.2 Å².